The second-order valence-corrected chi connectivity index (χ2v) is 6.63. The molecule has 0 aliphatic carbocycles. The predicted molar refractivity (Wildman–Crippen MR) is 105 cm³/mol. The highest BCUT2D eigenvalue weighted by Gasteiger charge is 2.31. The zero-order valence-electron chi connectivity index (χ0n) is 15.5. The van der Waals surface area contributed by atoms with Crippen LogP contribution in [0.15, 0.2) is 65.7 Å². The molecule has 0 saturated carbocycles. The van der Waals surface area contributed by atoms with E-state index in [9.17, 15) is 23.1 Å². The van der Waals surface area contributed by atoms with Crippen LogP contribution in [0, 0.1) is 0 Å². The molecule has 0 amide bonds. The van der Waals surface area contributed by atoms with E-state index in [-0.39, 0.29) is 23.7 Å². The summed E-state index contributed by atoms with van der Waals surface area (Å²) >= 11 is 0. The first-order valence-electron chi connectivity index (χ1n) is 8.89. The summed E-state index contributed by atoms with van der Waals surface area (Å²) in [7, 11) is 0. The number of nitrogens with zero attached hydrogens (tertiary/aromatic N) is 2. The summed E-state index contributed by atoms with van der Waals surface area (Å²) < 4.78 is 46.2. The molecule has 4 aromatic rings. The Bertz CT molecular complexity index is 1240. The van der Waals surface area contributed by atoms with Gasteiger partial charge < -0.3 is 14.1 Å². The lowest BCUT2D eigenvalue weighted by Crippen LogP contribution is -2.11. The van der Waals surface area contributed by atoms with E-state index in [0.29, 0.717) is 22.2 Å². The molecule has 30 heavy (non-hydrogen) atoms. The third kappa shape index (κ3) is 3.47. The fourth-order valence-electron chi connectivity index (χ4n) is 3.33. The Balaban J connectivity index is 1.84. The van der Waals surface area contributed by atoms with Crippen molar-refractivity contribution in [2.45, 2.75) is 12.7 Å². The molecule has 0 aliphatic heterocycles. The van der Waals surface area contributed by atoms with Gasteiger partial charge in [-0.15, -0.1) is 0 Å². The SMILES string of the molecule is C=Cc1cn(Cc2cccc(C(F)(F)F)c2)c(C(=O)O)c1-c1nc2ccccc2o1. The molecule has 2 aromatic carbocycles. The van der Waals surface area contributed by atoms with Crippen LogP contribution >= 0.6 is 0 Å². The minimum Gasteiger partial charge on any atom is -0.477 e. The van der Waals surface area contributed by atoms with Crippen LogP contribution in [-0.2, 0) is 12.7 Å². The smallest absolute Gasteiger partial charge is 0.416 e. The molecule has 2 heterocycles. The molecule has 8 heteroatoms. The maximum Gasteiger partial charge on any atom is 0.416 e. The summed E-state index contributed by atoms with van der Waals surface area (Å²) in [5, 5.41) is 9.85. The van der Waals surface area contributed by atoms with Gasteiger partial charge in [-0.05, 0) is 29.8 Å². The number of carboxylic acid groups (broad SMARTS) is 1. The number of aromatic nitrogens is 2. The number of carbonyl (C=O) groups is 1. The molecule has 0 unspecified atom stereocenters. The summed E-state index contributed by atoms with van der Waals surface area (Å²) in [6.07, 6.45) is -1.52. The van der Waals surface area contributed by atoms with Crippen molar-refractivity contribution in [3.05, 3.63) is 83.7 Å². The van der Waals surface area contributed by atoms with Gasteiger partial charge in [0.15, 0.2) is 5.58 Å². The van der Waals surface area contributed by atoms with E-state index in [1.54, 1.807) is 24.3 Å². The molecule has 0 aliphatic rings. The molecule has 0 saturated heterocycles. The molecule has 0 radical (unpaired) electrons. The van der Waals surface area contributed by atoms with E-state index in [2.05, 4.69) is 11.6 Å². The number of fused-ring (bicyclic) bond motifs is 1. The number of para-hydroxylation sites is 2. The zero-order valence-corrected chi connectivity index (χ0v) is 15.5. The summed E-state index contributed by atoms with van der Waals surface area (Å²) in [5.41, 5.74) is 1.09. The Morgan fingerprint density at radius 1 is 1.20 bits per heavy atom. The van der Waals surface area contributed by atoms with Crippen molar-refractivity contribution in [1.29, 1.82) is 0 Å². The van der Waals surface area contributed by atoms with Gasteiger partial charge in [-0.1, -0.05) is 36.9 Å². The van der Waals surface area contributed by atoms with Gasteiger partial charge in [0.2, 0.25) is 5.89 Å². The van der Waals surface area contributed by atoms with Crippen LogP contribution in [0.2, 0.25) is 0 Å². The molecule has 0 fully saturated rings. The first kappa shape index (κ1) is 19.5. The van der Waals surface area contributed by atoms with Crippen molar-refractivity contribution in [3.63, 3.8) is 0 Å². The van der Waals surface area contributed by atoms with Gasteiger partial charge in [0.05, 0.1) is 11.1 Å². The highest BCUT2D eigenvalue weighted by molar-refractivity contribution is 5.97. The third-order valence-corrected chi connectivity index (χ3v) is 4.65. The number of oxazole rings is 1. The molecule has 152 valence electrons. The van der Waals surface area contributed by atoms with E-state index in [1.807, 2.05) is 0 Å². The monoisotopic (exact) mass is 412 g/mol. The lowest BCUT2D eigenvalue weighted by Gasteiger charge is -2.11. The van der Waals surface area contributed by atoms with E-state index in [4.69, 9.17) is 4.42 Å². The summed E-state index contributed by atoms with van der Waals surface area (Å²) in [6.45, 7) is 3.64. The van der Waals surface area contributed by atoms with Gasteiger partial charge in [0.1, 0.15) is 11.2 Å². The maximum atomic E-state index is 13.0. The second-order valence-electron chi connectivity index (χ2n) is 6.63. The van der Waals surface area contributed by atoms with Crippen molar-refractivity contribution >= 4 is 23.1 Å². The van der Waals surface area contributed by atoms with Crippen LogP contribution < -0.4 is 0 Å². The zero-order chi connectivity index (χ0) is 21.5. The van der Waals surface area contributed by atoms with Crippen LogP contribution in [0.4, 0.5) is 13.2 Å². The Hall–Kier alpha value is -3.81. The van der Waals surface area contributed by atoms with Crippen LogP contribution in [0.1, 0.15) is 27.2 Å². The molecular formula is C22H15F3N2O3. The molecule has 1 N–H and O–H groups in total. The Labute approximate surface area is 168 Å². The van der Waals surface area contributed by atoms with Gasteiger partial charge >= 0.3 is 12.1 Å². The Morgan fingerprint density at radius 2 is 1.97 bits per heavy atom. The predicted octanol–water partition coefficient (Wildman–Crippen LogP) is 5.70. The Kier molecular flexibility index (Phi) is 4.69. The number of rotatable bonds is 5. The van der Waals surface area contributed by atoms with Crippen molar-refractivity contribution in [3.8, 4) is 11.5 Å². The standard InChI is InChI=1S/C22H15F3N2O3/c1-2-14-12-27(11-13-6-5-7-15(10-13)22(23,24)25)19(21(28)29)18(14)20-26-16-8-3-4-9-17(16)30-20/h2-10,12H,1,11H2,(H,28,29). The number of aromatic carboxylic acids is 1. The van der Waals surface area contributed by atoms with Crippen molar-refractivity contribution in [2.24, 2.45) is 0 Å². The van der Waals surface area contributed by atoms with Crippen LogP contribution in [-0.4, -0.2) is 20.6 Å². The minimum absolute atomic E-state index is 0.0768. The lowest BCUT2D eigenvalue weighted by molar-refractivity contribution is -0.137. The largest absolute Gasteiger partial charge is 0.477 e. The fraction of sp³-hybridized carbons (Fsp3) is 0.0909. The minimum atomic E-state index is -4.49. The highest BCUT2D eigenvalue weighted by atomic mass is 19.4. The number of carboxylic acids is 1. The number of halogens is 3. The summed E-state index contributed by atoms with van der Waals surface area (Å²) in [4.78, 5) is 16.4. The first-order chi connectivity index (χ1) is 14.3. The quantitative estimate of drug-likeness (QED) is 0.456. The van der Waals surface area contributed by atoms with Crippen LogP contribution in [0.3, 0.4) is 0 Å². The second kappa shape index (κ2) is 7.22. The van der Waals surface area contributed by atoms with Crippen molar-refractivity contribution in [1.82, 2.24) is 9.55 Å². The molecule has 2 aromatic heterocycles. The number of alkyl halides is 3. The molecule has 0 atom stereocenters. The number of hydrogen-bond donors (Lipinski definition) is 1. The number of hydrogen-bond acceptors (Lipinski definition) is 3. The van der Waals surface area contributed by atoms with Gasteiger partial charge in [-0.3, -0.25) is 0 Å². The van der Waals surface area contributed by atoms with Crippen LogP contribution in [0.5, 0.6) is 0 Å². The van der Waals surface area contributed by atoms with Crippen molar-refractivity contribution in [2.75, 3.05) is 0 Å². The lowest BCUT2D eigenvalue weighted by atomic mass is 10.1. The topological polar surface area (TPSA) is 68.3 Å². The molecular weight excluding hydrogens is 397 g/mol. The first-order valence-corrected chi connectivity index (χ1v) is 8.89. The van der Waals surface area contributed by atoms with E-state index in [1.165, 1.54) is 29.0 Å². The van der Waals surface area contributed by atoms with E-state index < -0.39 is 17.7 Å². The average molecular weight is 412 g/mol. The van der Waals surface area contributed by atoms with Gasteiger partial charge in [0.25, 0.3) is 0 Å². The molecule has 4 rings (SSSR count). The van der Waals surface area contributed by atoms with Crippen LogP contribution in [0.25, 0.3) is 28.6 Å². The molecule has 0 bridgehead atoms. The van der Waals surface area contributed by atoms with E-state index >= 15 is 0 Å². The summed E-state index contributed by atoms with van der Waals surface area (Å²) in [5.74, 6) is -1.15. The normalized spacial score (nSPS) is 11.7. The van der Waals surface area contributed by atoms with Gasteiger partial charge in [-0.25, -0.2) is 9.78 Å². The van der Waals surface area contributed by atoms with Gasteiger partial charge in [0, 0.05) is 18.3 Å². The van der Waals surface area contributed by atoms with Gasteiger partial charge in [-0.2, -0.15) is 13.2 Å². The van der Waals surface area contributed by atoms with E-state index in [0.717, 1.165) is 12.1 Å². The molecule has 5 nitrogen and oxygen atoms in total. The highest BCUT2D eigenvalue weighted by Crippen LogP contribution is 2.34. The third-order valence-electron chi connectivity index (χ3n) is 4.65. The summed E-state index contributed by atoms with van der Waals surface area (Å²) in [6, 6.07) is 11.7. The maximum absolute atomic E-state index is 13.0. The van der Waals surface area contributed by atoms with Crippen molar-refractivity contribution < 1.29 is 27.5 Å². The fourth-order valence-corrected chi connectivity index (χ4v) is 3.33. The Morgan fingerprint density at radius 3 is 2.63 bits per heavy atom. The average Bonchev–Trinajstić information content (AvgIpc) is 3.28. The molecule has 0 spiro atoms. The number of benzene rings is 2.